The van der Waals surface area contributed by atoms with E-state index < -0.39 is 18.2 Å². The maximum Gasteiger partial charge on any atom is 0.351 e. The topological polar surface area (TPSA) is 65.1 Å². The summed E-state index contributed by atoms with van der Waals surface area (Å²) in [5, 5.41) is 0. The first-order valence-electron chi connectivity index (χ1n) is 8.62. The van der Waals surface area contributed by atoms with E-state index in [4.69, 9.17) is 14.2 Å². The molecule has 6 nitrogen and oxygen atoms in total. The van der Waals surface area contributed by atoms with Gasteiger partial charge in [-0.2, -0.15) is 0 Å². The number of carbonyl (C=O) groups is 2. The van der Waals surface area contributed by atoms with Crippen molar-refractivity contribution in [3.63, 3.8) is 0 Å². The maximum atomic E-state index is 12.7. The second-order valence-electron chi connectivity index (χ2n) is 6.31. The third-order valence-corrected chi connectivity index (χ3v) is 4.57. The van der Waals surface area contributed by atoms with E-state index in [2.05, 4.69) is 0 Å². The summed E-state index contributed by atoms with van der Waals surface area (Å²) in [6.07, 6.45) is -0.973. The first kappa shape index (κ1) is 16.4. The Labute approximate surface area is 151 Å². The van der Waals surface area contributed by atoms with Crippen molar-refractivity contribution in [2.75, 3.05) is 18.1 Å². The fraction of sp³-hybridized carbons (Fsp3) is 0.300. The van der Waals surface area contributed by atoms with Crippen LogP contribution in [0.4, 0.5) is 5.69 Å². The lowest BCUT2D eigenvalue weighted by Crippen LogP contribution is -2.44. The molecule has 0 bridgehead atoms. The van der Waals surface area contributed by atoms with Crippen molar-refractivity contribution >= 4 is 17.6 Å². The van der Waals surface area contributed by atoms with Crippen LogP contribution < -0.4 is 14.4 Å². The highest BCUT2D eigenvalue weighted by atomic mass is 16.6. The Morgan fingerprint density at radius 3 is 2.69 bits per heavy atom. The minimum atomic E-state index is -0.894. The van der Waals surface area contributed by atoms with Gasteiger partial charge in [-0.15, -0.1) is 0 Å². The average Bonchev–Trinajstić information content (AvgIpc) is 3.11. The van der Waals surface area contributed by atoms with Crippen LogP contribution in [0.5, 0.6) is 11.5 Å². The molecule has 6 heteroatoms. The summed E-state index contributed by atoms with van der Waals surface area (Å²) in [6.45, 7) is 2.23. The average molecular weight is 353 g/mol. The number of anilines is 1. The van der Waals surface area contributed by atoms with Gasteiger partial charge in [0, 0.05) is 12.2 Å². The molecule has 0 spiro atoms. The quantitative estimate of drug-likeness (QED) is 0.793. The Morgan fingerprint density at radius 2 is 1.85 bits per heavy atom. The molecule has 1 amide bonds. The van der Waals surface area contributed by atoms with E-state index in [0.717, 1.165) is 17.7 Å². The number of ether oxygens (including phenoxy) is 3. The molecule has 134 valence electrons. The van der Waals surface area contributed by atoms with Crippen molar-refractivity contribution in [2.45, 2.75) is 25.6 Å². The number of amides is 1. The van der Waals surface area contributed by atoms with Gasteiger partial charge in [0.05, 0.1) is 0 Å². The van der Waals surface area contributed by atoms with Crippen molar-refractivity contribution in [3.8, 4) is 11.5 Å². The first-order valence-corrected chi connectivity index (χ1v) is 8.62. The molecule has 0 saturated carbocycles. The number of hydrogen-bond donors (Lipinski definition) is 0. The van der Waals surface area contributed by atoms with Gasteiger partial charge in [-0.25, -0.2) is 4.79 Å². The third-order valence-electron chi connectivity index (χ3n) is 4.57. The highest BCUT2D eigenvalue weighted by molar-refractivity contribution is 5.99. The minimum absolute atomic E-state index is 0.0588. The van der Waals surface area contributed by atoms with E-state index in [1.54, 1.807) is 30.0 Å². The highest BCUT2D eigenvalue weighted by Crippen LogP contribution is 2.31. The largest absolute Gasteiger partial charge is 0.485 e. The SMILES string of the molecule is CC(OC(=O)C1COc2ccccc2O1)C(=O)N1CCc2ccccc21. The molecule has 0 aliphatic carbocycles. The molecule has 2 aromatic carbocycles. The fourth-order valence-corrected chi connectivity index (χ4v) is 3.22. The predicted octanol–water partition coefficient (Wildman–Crippen LogP) is 2.35. The molecule has 0 N–H and O–H groups in total. The number of hydrogen-bond acceptors (Lipinski definition) is 5. The number of benzene rings is 2. The molecule has 2 heterocycles. The Hall–Kier alpha value is -3.02. The summed E-state index contributed by atoms with van der Waals surface area (Å²) >= 11 is 0. The zero-order valence-electron chi connectivity index (χ0n) is 14.4. The Bertz CT molecular complexity index is 850. The van der Waals surface area contributed by atoms with E-state index in [-0.39, 0.29) is 12.5 Å². The summed E-state index contributed by atoms with van der Waals surface area (Å²) in [5.74, 6) is 0.246. The molecule has 2 aromatic rings. The highest BCUT2D eigenvalue weighted by Gasteiger charge is 2.34. The number of fused-ring (bicyclic) bond motifs is 2. The fourth-order valence-electron chi connectivity index (χ4n) is 3.22. The van der Waals surface area contributed by atoms with Crippen LogP contribution >= 0.6 is 0 Å². The second-order valence-corrected chi connectivity index (χ2v) is 6.31. The first-order chi connectivity index (χ1) is 12.6. The molecule has 0 saturated heterocycles. The van der Waals surface area contributed by atoms with E-state index in [0.29, 0.717) is 18.0 Å². The molecule has 0 fully saturated rings. The summed E-state index contributed by atoms with van der Waals surface area (Å²) in [5.41, 5.74) is 2.01. The van der Waals surface area contributed by atoms with Crippen molar-refractivity contribution in [3.05, 3.63) is 54.1 Å². The number of nitrogens with zero attached hydrogens (tertiary/aromatic N) is 1. The zero-order chi connectivity index (χ0) is 18.1. The third kappa shape index (κ3) is 2.98. The molecular weight excluding hydrogens is 334 g/mol. The van der Waals surface area contributed by atoms with E-state index in [1.807, 2.05) is 30.3 Å². The second kappa shape index (κ2) is 6.71. The van der Waals surface area contributed by atoms with Crippen LogP contribution in [0.2, 0.25) is 0 Å². The Kier molecular flexibility index (Phi) is 4.24. The van der Waals surface area contributed by atoms with Crippen LogP contribution in [0.25, 0.3) is 0 Å². The van der Waals surface area contributed by atoms with Gasteiger partial charge in [0.15, 0.2) is 17.6 Å². The lowest BCUT2D eigenvalue weighted by molar-refractivity contribution is -0.163. The molecule has 2 aliphatic rings. The molecule has 2 aliphatic heterocycles. The van der Waals surface area contributed by atoms with Gasteiger partial charge in [-0.3, -0.25) is 4.79 Å². The standard InChI is InChI=1S/C20H19NO5/c1-13(19(22)21-11-10-14-6-2-3-7-15(14)21)25-20(23)18-12-24-16-8-4-5-9-17(16)26-18/h2-9,13,18H,10-12H2,1H3. The van der Waals surface area contributed by atoms with Gasteiger partial charge < -0.3 is 19.1 Å². The van der Waals surface area contributed by atoms with Gasteiger partial charge in [-0.05, 0) is 37.1 Å². The van der Waals surface area contributed by atoms with Crippen LogP contribution in [0.15, 0.2) is 48.5 Å². The molecular formula is C20H19NO5. The zero-order valence-corrected chi connectivity index (χ0v) is 14.4. The summed E-state index contributed by atoms with van der Waals surface area (Å²) < 4.78 is 16.5. The smallest absolute Gasteiger partial charge is 0.351 e. The number of carbonyl (C=O) groups excluding carboxylic acids is 2. The molecule has 0 radical (unpaired) electrons. The van der Waals surface area contributed by atoms with Gasteiger partial charge in [-0.1, -0.05) is 30.3 Å². The van der Waals surface area contributed by atoms with Crippen LogP contribution in [0.3, 0.4) is 0 Å². The van der Waals surface area contributed by atoms with Crippen LogP contribution in [0, 0.1) is 0 Å². The van der Waals surface area contributed by atoms with Crippen molar-refractivity contribution < 1.29 is 23.8 Å². The summed E-state index contributed by atoms with van der Waals surface area (Å²) in [4.78, 5) is 26.8. The summed E-state index contributed by atoms with van der Waals surface area (Å²) in [7, 11) is 0. The number of para-hydroxylation sites is 3. The predicted molar refractivity (Wildman–Crippen MR) is 94.4 cm³/mol. The van der Waals surface area contributed by atoms with Gasteiger partial charge >= 0.3 is 5.97 Å². The van der Waals surface area contributed by atoms with Gasteiger partial charge in [0.25, 0.3) is 5.91 Å². The van der Waals surface area contributed by atoms with Crippen LogP contribution in [-0.2, 0) is 20.7 Å². The van der Waals surface area contributed by atoms with Crippen molar-refractivity contribution in [1.29, 1.82) is 0 Å². The van der Waals surface area contributed by atoms with Gasteiger partial charge in [0.2, 0.25) is 6.10 Å². The lowest BCUT2D eigenvalue weighted by atomic mass is 10.2. The number of rotatable bonds is 3. The number of esters is 1. The Morgan fingerprint density at radius 1 is 1.12 bits per heavy atom. The van der Waals surface area contributed by atoms with E-state index >= 15 is 0 Å². The molecule has 0 aromatic heterocycles. The lowest BCUT2D eigenvalue weighted by Gasteiger charge is -2.27. The van der Waals surface area contributed by atoms with Crippen LogP contribution in [-0.4, -0.2) is 37.2 Å². The van der Waals surface area contributed by atoms with Crippen molar-refractivity contribution in [1.82, 2.24) is 0 Å². The van der Waals surface area contributed by atoms with Gasteiger partial charge in [0.1, 0.15) is 6.61 Å². The molecule has 2 atom stereocenters. The van der Waals surface area contributed by atoms with E-state index in [9.17, 15) is 9.59 Å². The Balaban J connectivity index is 1.40. The maximum absolute atomic E-state index is 12.7. The minimum Gasteiger partial charge on any atom is -0.485 e. The van der Waals surface area contributed by atoms with Crippen LogP contribution in [0.1, 0.15) is 12.5 Å². The molecule has 26 heavy (non-hydrogen) atoms. The molecule has 4 rings (SSSR count). The molecule has 2 unspecified atom stereocenters. The van der Waals surface area contributed by atoms with Crippen molar-refractivity contribution in [2.24, 2.45) is 0 Å². The van der Waals surface area contributed by atoms with E-state index in [1.165, 1.54) is 0 Å². The summed E-state index contributed by atoms with van der Waals surface area (Å²) in [6, 6.07) is 14.9. The monoisotopic (exact) mass is 353 g/mol. The normalized spacial score (nSPS) is 18.8.